The third-order valence-electron chi connectivity index (χ3n) is 6.38. The molecule has 2 aromatic carbocycles. The molecule has 0 unspecified atom stereocenters. The van der Waals surface area contributed by atoms with Gasteiger partial charge in [0.1, 0.15) is 12.7 Å². The minimum absolute atomic E-state index is 0.0771. The third-order valence-corrected chi connectivity index (χ3v) is 6.38. The molecule has 4 aromatic rings. The van der Waals surface area contributed by atoms with Crippen LogP contribution < -0.4 is 11.0 Å². The van der Waals surface area contributed by atoms with Crippen LogP contribution in [0.25, 0.3) is 5.78 Å². The first kappa shape index (κ1) is 27.6. The highest BCUT2D eigenvalue weighted by molar-refractivity contribution is 5.91. The van der Waals surface area contributed by atoms with Crippen molar-refractivity contribution >= 4 is 29.6 Å². The number of benzene rings is 2. The summed E-state index contributed by atoms with van der Waals surface area (Å²) in [4.78, 5) is 58.1. The fraction of sp³-hybridized carbons (Fsp3) is 0.286. The Bertz CT molecular complexity index is 1620. The molecule has 1 fully saturated rings. The van der Waals surface area contributed by atoms with Gasteiger partial charge in [-0.1, -0.05) is 50.2 Å². The van der Waals surface area contributed by atoms with Crippen LogP contribution in [0.5, 0.6) is 0 Å². The molecule has 0 radical (unpaired) electrons. The number of rotatable bonds is 8. The molecule has 41 heavy (non-hydrogen) atoms. The van der Waals surface area contributed by atoms with Crippen molar-refractivity contribution in [3.63, 3.8) is 0 Å². The minimum Gasteiger partial charge on any atom is -0.459 e. The quantitative estimate of drug-likeness (QED) is 0.320. The number of nitrogens with one attached hydrogen (secondary N) is 1. The van der Waals surface area contributed by atoms with Crippen molar-refractivity contribution < 1.29 is 33.0 Å². The molecule has 0 aliphatic carbocycles. The normalized spacial score (nSPS) is 20.2. The van der Waals surface area contributed by atoms with Crippen LogP contribution in [0.4, 0.5) is 10.3 Å². The van der Waals surface area contributed by atoms with E-state index in [1.807, 2.05) is 0 Å². The van der Waals surface area contributed by atoms with Gasteiger partial charge in [-0.25, -0.2) is 23.2 Å². The van der Waals surface area contributed by atoms with Crippen LogP contribution in [0.3, 0.4) is 0 Å². The van der Waals surface area contributed by atoms with Crippen LogP contribution in [0.15, 0.2) is 77.9 Å². The molecule has 1 aliphatic rings. The van der Waals surface area contributed by atoms with Crippen LogP contribution in [0.1, 0.15) is 40.8 Å². The number of nitrogens with zero attached hydrogens (tertiary/aromatic N) is 4. The summed E-state index contributed by atoms with van der Waals surface area (Å²) in [5, 5.41) is 2.45. The smallest absolute Gasteiger partial charge is 0.357 e. The van der Waals surface area contributed by atoms with Gasteiger partial charge >= 0.3 is 17.6 Å². The van der Waals surface area contributed by atoms with Gasteiger partial charge in [0.05, 0.1) is 11.1 Å². The lowest BCUT2D eigenvalue weighted by atomic mass is 10.1. The fourth-order valence-corrected chi connectivity index (χ4v) is 4.20. The number of aromatic nitrogens is 4. The Morgan fingerprint density at radius 3 is 2.24 bits per heavy atom. The summed E-state index contributed by atoms with van der Waals surface area (Å²) in [5.41, 5.74) is -0.291. The van der Waals surface area contributed by atoms with Gasteiger partial charge in [-0.15, -0.1) is 0 Å². The molecule has 5 rings (SSSR count). The van der Waals surface area contributed by atoms with Crippen molar-refractivity contribution in [2.45, 2.75) is 38.5 Å². The molecule has 1 saturated heterocycles. The molecule has 1 amide bonds. The monoisotopic (exact) mass is 563 g/mol. The SMILES string of the molecule is CC(C)C(=O)Nc1nc(=O)n2ccn([C@@H]3O[C@H](COC(=O)c4ccccc4)[C@@H](OC(=O)c4ccccc4)[C@@H]3F)c2n1. The van der Waals surface area contributed by atoms with Gasteiger partial charge in [-0.3, -0.25) is 14.7 Å². The second-order valence-corrected chi connectivity index (χ2v) is 9.56. The number of amides is 1. The third kappa shape index (κ3) is 5.84. The van der Waals surface area contributed by atoms with Crippen LogP contribution >= 0.6 is 0 Å². The molecule has 12 nitrogen and oxygen atoms in total. The number of esters is 2. The van der Waals surface area contributed by atoms with E-state index < -0.39 is 60.7 Å². The molecule has 1 aliphatic heterocycles. The predicted molar refractivity (Wildman–Crippen MR) is 142 cm³/mol. The Balaban J connectivity index is 1.44. The van der Waals surface area contributed by atoms with Crippen molar-refractivity contribution in [1.29, 1.82) is 0 Å². The van der Waals surface area contributed by atoms with Gasteiger partial charge in [0.15, 0.2) is 18.5 Å². The van der Waals surface area contributed by atoms with E-state index in [1.165, 1.54) is 29.1 Å². The Hall–Kier alpha value is -4.91. The van der Waals surface area contributed by atoms with Crippen LogP contribution in [0.2, 0.25) is 0 Å². The maximum Gasteiger partial charge on any atom is 0.357 e. The van der Waals surface area contributed by atoms with E-state index in [1.54, 1.807) is 62.4 Å². The van der Waals surface area contributed by atoms with E-state index in [0.717, 1.165) is 4.40 Å². The van der Waals surface area contributed by atoms with Crippen LogP contribution in [0, 0.1) is 5.92 Å². The summed E-state index contributed by atoms with van der Waals surface area (Å²) in [6.07, 6.45) is -3.41. The molecule has 212 valence electrons. The number of imidazole rings is 1. The van der Waals surface area contributed by atoms with E-state index >= 15 is 4.39 Å². The maximum absolute atomic E-state index is 16.1. The van der Waals surface area contributed by atoms with Gasteiger partial charge in [0.25, 0.3) is 0 Å². The Morgan fingerprint density at radius 1 is 0.976 bits per heavy atom. The van der Waals surface area contributed by atoms with Gasteiger partial charge < -0.3 is 14.2 Å². The number of carbonyl (C=O) groups is 3. The molecule has 4 atom stereocenters. The average Bonchev–Trinajstić information content (AvgIpc) is 3.53. The molecule has 0 spiro atoms. The predicted octanol–water partition coefficient (Wildman–Crippen LogP) is 2.80. The van der Waals surface area contributed by atoms with Crippen molar-refractivity contribution in [1.82, 2.24) is 18.9 Å². The number of fused-ring (bicyclic) bond motifs is 1. The second-order valence-electron chi connectivity index (χ2n) is 9.56. The highest BCUT2D eigenvalue weighted by atomic mass is 19.1. The lowest BCUT2D eigenvalue weighted by Gasteiger charge is -2.19. The second kappa shape index (κ2) is 11.7. The Labute approximate surface area is 232 Å². The van der Waals surface area contributed by atoms with Crippen LogP contribution in [-0.2, 0) is 19.0 Å². The fourth-order valence-electron chi connectivity index (χ4n) is 4.20. The number of anilines is 1. The Morgan fingerprint density at radius 2 is 1.61 bits per heavy atom. The minimum atomic E-state index is -1.96. The average molecular weight is 564 g/mol. The van der Waals surface area contributed by atoms with Crippen molar-refractivity contribution in [2.24, 2.45) is 5.92 Å². The number of carbonyl (C=O) groups excluding carboxylic acids is 3. The zero-order valence-corrected chi connectivity index (χ0v) is 22.0. The van der Waals surface area contributed by atoms with E-state index in [9.17, 15) is 19.2 Å². The molecule has 0 saturated carbocycles. The maximum atomic E-state index is 16.1. The molecular weight excluding hydrogens is 537 g/mol. The number of ether oxygens (including phenoxy) is 3. The topological polar surface area (TPSA) is 143 Å². The summed E-state index contributed by atoms with van der Waals surface area (Å²) < 4.78 is 35.2. The lowest BCUT2D eigenvalue weighted by Crippen LogP contribution is -2.37. The van der Waals surface area contributed by atoms with Gasteiger partial charge in [-0.05, 0) is 24.3 Å². The summed E-state index contributed by atoms with van der Waals surface area (Å²) >= 11 is 0. The van der Waals surface area contributed by atoms with E-state index in [0.29, 0.717) is 0 Å². The van der Waals surface area contributed by atoms with E-state index in [-0.39, 0.29) is 22.9 Å². The van der Waals surface area contributed by atoms with Gasteiger partial charge in [0.2, 0.25) is 17.6 Å². The first-order valence-corrected chi connectivity index (χ1v) is 12.8. The zero-order valence-electron chi connectivity index (χ0n) is 22.0. The summed E-state index contributed by atoms with van der Waals surface area (Å²) in [6.45, 7) is 2.89. The van der Waals surface area contributed by atoms with Crippen molar-refractivity contribution in [2.75, 3.05) is 11.9 Å². The molecule has 1 N–H and O–H groups in total. The summed E-state index contributed by atoms with van der Waals surface area (Å²) in [7, 11) is 0. The van der Waals surface area contributed by atoms with E-state index in [4.69, 9.17) is 14.2 Å². The first-order valence-electron chi connectivity index (χ1n) is 12.8. The Kier molecular flexibility index (Phi) is 7.88. The zero-order chi connectivity index (χ0) is 29.1. The number of halogens is 1. The highest BCUT2D eigenvalue weighted by Crippen LogP contribution is 2.35. The van der Waals surface area contributed by atoms with E-state index in [2.05, 4.69) is 15.3 Å². The summed E-state index contributed by atoms with van der Waals surface area (Å²) in [6, 6.07) is 16.2. The molecule has 0 bridgehead atoms. The van der Waals surface area contributed by atoms with Gasteiger partial charge in [-0.2, -0.15) is 9.97 Å². The largest absolute Gasteiger partial charge is 0.459 e. The number of hydrogen-bond acceptors (Lipinski definition) is 9. The highest BCUT2D eigenvalue weighted by Gasteiger charge is 2.49. The van der Waals surface area contributed by atoms with Crippen molar-refractivity contribution in [3.8, 4) is 0 Å². The number of alkyl halides is 1. The molecular formula is C28H26FN5O7. The van der Waals surface area contributed by atoms with Crippen molar-refractivity contribution in [3.05, 3.63) is 94.7 Å². The molecule has 3 heterocycles. The molecule has 13 heteroatoms. The van der Waals surface area contributed by atoms with Crippen LogP contribution in [-0.4, -0.2) is 61.8 Å². The molecule has 2 aromatic heterocycles. The summed E-state index contributed by atoms with van der Waals surface area (Å²) in [5.74, 6) is -2.62. The number of hydrogen-bond donors (Lipinski definition) is 1. The lowest BCUT2D eigenvalue weighted by molar-refractivity contribution is -0.118. The first-order chi connectivity index (χ1) is 19.7. The van der Waals surface area contributed by atoms with Gasteiger partial charge in [0, 0.05) is 18.3 Å². The standard InChI is InChI=1S/C28H26FN5O7/c1-16(2)22(35)30-26-31-27-33(13-14-34(27)28(38)32-26)23-20(29)21(41-25(37)18-11-7-4-8-12-18)19(40-23)15-39-24(36)17-9-5-3-6-10-17/h3-14,16,19-21,23H,15H2,1-2H3,(H,30,32,35,38)/t19-,20+,21-,23-/m1/s1.